The first-order valence-corrected chi connectivity index (χ1v) is 35.4. The monoisotopic (exact) mass is 1150 g/mol. The molecule has 0 aliphatic rings. The molecule has 0 saturated heterocycles. The van der Waals surface area contributed by atoms with Crippen LogP contribution in [0.25, 0.3) is 0 Å². The summed E-state index contributed by atoms with van der Waals surface area (Å²) < 4.78 is 16.9. The Labute approximate surface area is 514 Å². The van der Waals surface area contributed by atoms with Crippen molar-refractivity contribution in [3.05, 3.63) is 109 Å². The van der Waals surface area contributed by atoms with Gasteiger partial charge in [-0.15, -0.1) is 0 Å². The Morgan fingerprint density at radius 1 is 0.265 bits per heavy atom. The van der Waals surface area contributed by atoms with Crippen LogP contribution in [0.15, 0.2) is 109 Å². The summed E-state index contributed by atoms with van der Waals surface area (Å²) in [5.74, 6) is -1.03. The van der Waals surface area contributed by atoms with E-state index in [2.05, 4.69) is 118 Å². The average molecular weight is 1150 g/mol. The Kier molecular flexibility index (Phi) is 67.2. The van der Waals surface area contributed by atoms with Crippen molar-refractivity contribution in [2.24, 2.45) is 0 Å². The first-order valence-electron chi connectivity index (χ1n) is 35.4. The minimum atomic E-state index is -0.820. The predicted molar refractivity (Wildman–Crippen MR) is 362 cm³/mol. The number of rotatable bonds is 64. The van der Waals surface area contributed by atoms with Crippen molar-refractivity contribution in [3.63, 3.8) is 0 Å². The molecule has 6 nitrogen and oxygen atoms in total. The molecule has 0 aliphatic heterocycles. The highest BCUT2D eigenvalue weighted by atomic mass is 16.6. The zero-order valence-corrected chi connectivity index (χ0v) is 54.7. The zero-order chi connectivity index (χ0) is 59.9. The van der Waals surface area contributed by atoms with Gasteiger partial charge in [0.2, 0.25) is 0 Å². The molecule has 0 aliphatic carbocycles. The number of unbranched alkanes of at least 4 members (excludes halogenated alkanes) is 36. The Bertz CT molecular complexity index is 1660. The van der Waals surface area contributed by atoms with Gasteiger partial charge in [0.25, 0.3) is 0 Å². The molecule has 0 radical (unpaired) electrons. The third kappa shape index (κ3) is 68.7. The molecule has 0 bridgehead atoms. The summed E-state index contributed by atoms with van der Waals surface area (Å²) in [4.78, 5) is 38.4. The van der Waals surface area contributed by atoms with E-state index in [1.54, 1.807) is 0 Å². The largest absolute Gasteiger partial charge is 0.462 e. The van der Waals surface area contributed by atoms with Crippen molar-refractivity contribution in [3.8, 4) is 0 Å². The van der Waals surface area contributed by atoms with Crippen LogP contribution in [0.3, 0.4) is 0 Å². The minimum absolute atomic E-state index is 0.107. The normalized spacial score (nSPS) is 12.8. The second-order valence-corrected chi connectivity index (χ2v) is 23.4. The molecule has 0 heterocycles. The number of allylic oxidation sites excluding steroid dienone is 17. The highest BCUT2D eigenvalue weighted by Crippen LogP contribution is 2.18. The summed E-state index contributed by atoms with van der Waals surface area (Å²) in [7, 11) is 0. The fourth-order valence-corrected chi connectivity index (χ4v) is 10.1. The lowest BCUT2D eigenvalue weighted by Crippen LogP contribution is -2.30. The van der Waals surface area contributed by atoms with Crippen LogP contribution in [0.5, 0.6) is 0 Å². The van der Waals surface area contributed by atoms with Crippen LogP contribution < -0.4 is 0 Å². The maximum atomic E-state index is 13.0. The number of carbonyl (C=O) groups excluding carboxylic acids is 3. The van der Waals surface area contributed by atoms with Gasteiger partial charge in [-0.25, -0.2) is 0 Å². The van der Waals surface area contributed by atoms with E-state index < -0.39 is 12.1 Å². The van der Waals surface area contributed by atoms with Gasteiger partial charge in [0, 0.05) is 12.8 Å². The van der Waals surface area contributed by atoms with E-state index in [0.29, 0.717) is 12.8 Å². The fourth-order valence-electron chi connectivity index (χ4n) is 10.1. The molecule has 0 fully saturated rings. The number of esters is 3. The molecule has 1 atom stereocenters. The Hall–Kier alpha value is -3.93. The third-order valence-electron chi connectivity index (χ3n) is 15.3. The summed E-state index contributed by atoms with van der Waals surface area (Å²) in [6, 6.07) is 0. The topological polar surface area (TPSA) is 78.9 Å². The number of hydrogen-bond acceptors (Lipinski definition) is 6. The van der Waals surface area contributed by atoms with Crippen LogP contribution in [0.2, 0.25) is 0 Å². The molecule has 0 aromatic carbocycles. The molecule has 0 saturated carbocycles. The first-order chi connectivity index (χ1) is 41.0. The molecule has 0 spiro atoms. The van der Waals surface area contributed by atoms with Crippen molar-refractivity contribution < 1.29 is 28.6 Å². The lowest BCUT2D eigenvalue weighted by molar-refractivity contribution is -0.166. The number of hydrogen-bond donors (Lipinski definition) is 0. The maximum absolute atomic E-state index is 13.0. The van der Waals surface area contributed by atoms with Crippen LogP contribution in [0.4, 0.5) is 0 Å². The van der Waals surface area contributed by atoms with E-state index in [-0.39, 0.29) is 31.6 Å². The van der Waals surface area contributed by atoms with Crippen LogP contribution >= 0.6 is 0 Å². The van der Waals surface area contributed by atoms with Gasteiger partial charge in [-0.1, -0.05) is 348 Å². The minimum Gasteiger partial charge on any atom is -0.462 e. The molecular weight excluding hydrogens is 1020 g/mol. The summed E-state index contributed by atoms with van der Waals surface area (Å²) in [5, 5.41) is 0. The van der Waals surface area contributed by atoms with Gasteiger partial charge in [-0.05, 0) is 83.5 Å². The number of carbonyl (C=O) groups is 3. The molecule has 0 N–H and O–H groups in total. The molecule has 0 aromatic heterocycles. The summed E-state index contributed by atoms with van der Waals surface area (Å²) >= 11 is 0. The lowest BCUT2D eigenvalue weighted by Gasteiger charge is -2.18. The second kappa shape index (κ2) is 70.6. The van der Waals surface area contributed by atoms with Crippen LogP contribution in [0, 0.1) is 0 Å². The molecule has 83 heavy (non-hydrogen) atoms. The fraction of sp³-hybridized carbons (Fsp3) is 0.727. The van der Waals surface area contributed by atoms with E-state index in [0.717, 1.165) is 96.3 Å². The van der Waals surface area contributed by atoms with Gasteiger partial charge in [-0.3, -0.25) is 14.4 Å². The van der Waals surface area contributed by atoms with Crippen molar-refractivity contribution in [1.82, 2.24) is 0 Å². The Morgan fingerprint density at radius 2 is 0.518 bits per heavy atom. The van der Waals surface area contributed by atoms with E-state index >= 15 is 0 Å². The van der Waals surface area contributed by atoms with Gasteiger partial charge in [0.05, 0.1) is 6.42 Å². The van der Waals surface area contributed by atoms with E-state index in [9.17, 15) is 14.4 Å². The molecule has 476 valence electrons. The molecule has 0 rings (SSSR count). The summed E-state index contributed by atoms with van der Waals surface area (Å²) in [6.45, 7) is 6.37. The highest BCUT2D eigenvalue weighted by Gasteiger charge is 2.19. The van der Waals surface area contributed by atoms with E-state index in [1.165, 1.54) is 205 Å². The van der Waals surface area contributed by atoms with Gasteiger partial charge in [-0.2, -0.15) is 0 Å². The Morgan fingerprint density at radius 3 is 0.843 bits per heavy atom. The molecule has 0 amide bonds. The average Bonchev–Trinajstić information content (AvgIpc) is 3.49. The van der Waals surface area contributed by atoms with Crippen LogP contribution in [-0.4, -0.2) is 37.2 Å². The van der Waals surface area contributed by atoms with Gasteiger partial charge in [0.15, 0.2) is 6.10 Å². The molecule has 1 unspecified atom stereocenters. The molecule has 6 heteroatoms. The maximum Gasteiger partial charge on any atom is 0.309 e. The van der Waals surface area contributed by atoms with Gasteiger partial charge in [0.1, 0.15) is 13.2 Å². The summed E-state index contributed by atoms with van der Waals surface area (Å²) in [6.07, 6.45) is 97.2. The van der Waals surface area contributed by atoms with Crippen LogP contribution in [-0.2, 0) is 28.6 Å². The van der Waals surface area contributed by atoms with Crippen molar-refractivity contribution in [1.29, 1.82) is 0 Å². The molecular formula is C77H132O6. The van der Waals surface area contributed by atoms with Crippen molar-refractivity contribution >= 4 is 17.9 Å². The Balaban J connectivity index is 4.35. The zero-order valence-electron chi connectivity index (χ0n) is 54.7. The van der Waals surface area contributed by atoms with Crippen molar-refractivity contribution in [2.45, 2.75) is 348 Å². The quantitative estimate of drug-likeness (QED) is 0.0261. The second-order valence-electron chi connectivity index (χ2n) is 23.4. The first kappa shape index (κ1) is 79.1. The summed E-state index contributed by atoms with van der Waals surface area (Å²) in [5.41, 5.74) is 0. The number of ether oxygens (including phenoxy) is 3. The van der Waals surface area contributed by atoms with Crippen molar-refractivity contribution in [2.75, 3.05) is 13.2 Å². The predicted octanol–water partition coefficient (Wildman–Crippen LogP) is 24.6. The van der Waals surface area contributed by atoms with E-state index in [1.807, 2.05) is 12.2 Å². The third-order valence-corrected chi connectivity index (χ3v) is 15.3. The smallest absolute Gasteiger partial charge is 0.309 e. The standard InChI is InChI=1S/C77H132O6/c1-4-7-10-13-16-19-22-25-28-30-32-34-36-38-40-42-44-46-49-52-55-58-61-64-67-70-76(79)82-73-74(72-81-75(78)69-66-63-60-57-54-51-48-27-24-21-18-15-12-9-6-3)83-77(80)71-68-65-62-59-56-53-50-47-45-43-41-39-37-35-33-31-29-26-23-20-17-14-11-8-5-2/h7,9-10,12,16,18-19,21,25,27-28,32,34,48,54,57,63,66,74H,4-6,8,11,13-15,17,20,22-24,26,29-31,33,35-47,49-53,55-56,58-62,64-65,67-73H2,1-3H3/b10-7-,12-9-,19-16-,21-18-,28-25-,34-32-,48-27-,57-54-,66-63-. The van der Waals surface area contributed by atoms with Crippen LogP contribution in [0.1, 0.15) is 342 Å². The highest BCUT2D eigenvalue weighted by molar-refractivity contribution is 5.72. The SMILES string of the molecule is CC/C=C\C/C=C\C/C=C\C/C=C\C/C=C\CC(=O)OCC(COC(=O)CCCCCCCCCCCCCC/C=C\C/C=C\C/C=C\C/C=C\CC)OC(=O)CCCCCCCCCCCCCCCCCCCCCCCCCCC. The van der Waals surface area contributed by atoms with Gasteiger partial charge < -0.3 is 14.2 Å². The lowest BCUT2D eigenvalue weighted by atomic mass is 10.0. The van der Waals surface area contributed by atoms with E-state index in [4.69, 9.17) is 14.2 Å². The molecule has 0 aromatic rings. The van der Waals surface area contributed by atoms with Gasteiger partial charge >= 0.3 is 17.9 Å².